The van der Waals surface area contributed by atoms with Gasteiger partial charge < -0.3 is 19.9 Å². The standard InChI is InChI=1S/C23H33F3N2O7S/c1-22(2,3)35-20(30)12-16(14-29)27-21(31)19(11-15-7-4-5-8-15)28-36(32,33)18-10-6-9-17(13-18)34-23(24,25)26/h6,9-10,13,15-16,19,28-29H,4-5,7-8,11-12,14H2,1-3H3,(H,27,31)/t16-,19-/m0/s1. The van der Waals surface area contributed by atoms with Crippen LogP contribution in [0.3, 0.4) is 0 Å². The highest BCUT2D eigenvalue weighted by Gasteiger charge is 2.33. The van der Waals surface area contributed by atoms with Gasteiger partial charge in [0, 0.05) is 6.07 Å². The number of sulfonamides is 1. The number of benzene rings is 1. The molecule has 1 aliphatic carbocycles. The summed E-state index contributed by atoms with van der Waals surface area (Å²) in [6.07, 6.45) is -1.74. The number of hydrogen-bond donors (Lipinski definition) is 3. The molecule has 1 aliphatic rings. The summed E-state index contributed by atoms with van der Waals surface area (Å²) in [4.78, 5) is 24.7. The van der Waals surface area contributed by atoms with Crippen LogP contribution in [-0.4, -0.2) is 56.1 Å². The van der Waals surface area contributed by atoms with Crippen LogP contribution in [0.25, 0.3) is 0 Å². The van der Waals surface area contributed by atoms with E-state index < -0.39 is 63.2 Å². The van der Waals surface area contributed by atoms with Gasteiger partial charge in [0.25, 0.3) is 0 Å². The Morgan fingerprint density at radius 3 is 2.36 bits per heavy atom. The van der Waals surface area contributed by atoms with Crippen molar-refractivity contribution in [3.63, 3.8) is 0 Å². The Labute approximate surface area is 208 Å². The Morgan fingerprint density at radius 2 is 1.81 bits per heavy atom. The second-order valence-electron chi connectivity index (χ2n) is 9.76. The van der Waals surface area contributed by atoms with Gasteiger partial charge >= 0.3 is 12.3 Å². The lowest BCUT2D eigenvalue weighted by molar-refractivity contribution is -0.274. The van der Waals surface area contributed by atoms with Crippen molar-refractivity contribution in [2.45, 2.75) is 88.2 Å². The predicted molar refractivity (Wildman–Crippen MR) is 123 cm³/mol. The molecular formula is C23H33F3N2O7S. The van der Waals surface area contributed by atoms with Gasteiger partial charge in [-0.15, -0.1) is 13.2 Å². The van der Waals surface area contributed by atoms with Gasteiger partial charge in [0.15, 0.2) is 0 Å². The summed E-state index contributed by atoms with van der Waals surface area (Å²) >= 11 is 0. The molecule has 0 saturated heterocycles. The molecule has 1 aromatic rings. The number of halogens is 3. The van der Waals surface area contributed by atoms with Crippen LogP contribution in [0.15, 0.2) is 29.2 Å². The van der Waals surface area contributed by atoms with E-state index in [-0.39, 0.29) is 18.8 Å². The Balaban J connectivity index is 2.19. The van der Waals surface area contributed by atoms with E-state index in [0.29, 0.717) is 6.07 Å². The highest BCUT2D eigenvalue weighted by molar-refractivity contribution is 7.89. The number of aliphatic hydroxyl groups excluding tert-OH is 1. The predicted octanol–water partition coefficient (Wildman–Crippen LogP) is 3.02. The van der Waals surface area contributed by atoms with Gasteiger partial charge in [0.05, 0.1) is 24.0 Å². The van der Waals surface area contributed by atoms with E-state index in [1.807, 2.05) is 0 Å². The molecule has 2 atom stereocenters. The van der Waals surface area contributed by atoms with Crippen molar-refractivity contribution >= 4 is 21.9 Å². The third-order valence-corrected chi connectivity index (χ3v) is 6.88. The summed E-state index contributed by atoms with van der Waals surface area (Å²) in [5.41, 5.74) is -0.772. The second kappa shape index (κ2) is 12.2. The molecule has 2 rings (SSSR count). The fourth-order valence-electron chi connectivity index (χ4n) is 3.93. The molecule has 36 heavy (non-hydrogen) atoms. The first-order valence-electron chi connectivity index (χ1n) is 11.6. The van der Waals surface area contributed by atoms with Crippen LogP contribution in [0, 0.1) is 5.92 Å². The molecule has 0 heterocycles. The normalized spacial score (nSPS) is 16.9. The first kappa shape index (κ1) is 29.8. The highest BCUT2D eigenvalue weighted by atomic mass is 32.2. The molecule has 0 aliphatic heterocycles. The Morgan fingerprint density at radius 1 is 1.17 bits per heavy atom. The molecular weight excluding hydrogens is 505 g/mol. The number of alkyl halides is 3. The van der Waals surface area contributed by atoms with Crippen molar-refractivity contribution in [3.05, 3.63) is 24.3 Å². The molecule has 204 valence electrons. The lowest BCUT2D eigenvalue weighted by Gasteiger charge is -2.25. The van der Waals surface area contributed by atoms with Gasteiger partial charge in [-0.1, -0.05) is 31.7 Å². The molecule has 0 unspecified atom stereocenters. The van der Waals surface area contributed by atoms with E-state index >= 15 is 0 Å². The topological polar surface area (TPSA) is 131 Å². The number of carbonyl (C=O) groups is 2. The number of hydrogen-bond acceptors (Lipinski definition) is 7. The highest BCUT2D eigenvalue weighted by Crippen LogP contribution is 2.30. The van der Waals surface area contributed by atoms with Gasteiger partial charge in [-0.25, -0.2) is 8.42 Å². The number of carbonyl (C=O) groups excluding carboxylic acids is 2. The first-order chi connectivity index (χ1) is 16.6. The van der Waals surface area contributed by atoms with Crippen LogP contribution in [-0.2, 0) is 24.3 Å². The molecule has 0 aromatic heterocycles. The van der Waals surface area contributed by atoms with E-state index in [0.717, 1.165) is 43.9 Å². The monoisotopic (exact) mass is 538 g/mol. The maximum Gasteiger partial charge on any atom is 0.573 e. The smallest absolute Gasteiger partial charge is 0.460 e. The summed E-state index contributed by atoms with van der Waals surface area (Å²) in [6, 6.07) is 1.53. The van der Waals surface area contributed by atoms with Crippen molar-refractivity contribution in [2.75, 3.05) is 6.61 Å². The second-order valence-corrected chi connectivity index (χ2v) is 11.5. The van der Waals surface area contributed by atoms with Crippen LogP contribution in [0.2, 0.25) is 0 Å². The van der Waals surface area contributed by atoms with Crippen molar-refractivity contribution in [1.82, 2.24) is 10.0 Å². The van der Waals surface area contributed by atoms with Crippen LogP contribution in [0.4, 0.5) is 13.2 Å². The maximum atomic E-state index is 13.1. The number of amides is 1. The molecule has 1 amide bonds. The number of nitrogens with one attached hydrogen (secondary N) is 2. The molecule has 0 radical (unpaired) electrons. The van der Waals surface area contributed by atoms with Gasteiger partial charge in [0.2, 0.25) is 15.9 Å². The van der Waals surface area contributed by atoms with Gasteiger partial charge in [-0.05, 0) is 45.2 Å². The summed E-state index contributed by atoms with van der Waals surface area (Å²) in [5.74, 6) is -2.09. The summed E-state index contributed by atoms with van der Waals surface area (Å²) < 4.78 is 74.9. The average Bonchev–Trinajstić information content (AvgIpc) is 3.23. The third-order valence-electron chi connectivity index (χ3n) is 5.41. The van der Waals surface area contributed by atoms with E-state index in [4.69, 9.17) is 4.74 Å². The molecule has 1 aromatic carbocycles. The van der Waals surface area contributed by atoms with Crippen LogP contribution in [0.1, 0.15) is 59.3 Å². The quantitative estimate of drug-likeness (QED) is 0.369. The number of esters is 1. The molecule has 1 fully saturated rings. The number of rotatable bonds is 11. The fraction of sp³-hybridized carbons (Fsp3) is 0.652. The molecule has 1 saturated carbocycles. The minimum Gasteiger partial charge on any atom is -0.460 e. The van der Waals surface area contributed by atoms with Crippen LogP contribution < -0.4 is 14.8 Å². The number of ether oxygens (including phenoxy) is 2. The Hall–Kier alpha value is -2.38. The summed E-state index contributed by atoms with van der Waals surface area (Å²) in [7, 11) is -4.43. The average molecular weight is 539 g/mol. The molecule has 0 spiro atoms. The number of aliphatic hydroxyl groups is 1. The summed E-state index contributed by atoms with van der Waals surface area (Å²) in [5, 5.41) is 12.1. The van der Waals surface area contributed by atoms with Crippen molar-refractivity contribution in [3.8, 4) is 5.75 Å². The zero-order valence-corrected chi connectivity index (χ0v) is 21.2. The largest absolute Gasteiger partial charge is 0.573 e. The van der Waals surface area contributed by atoms with Crippen molar-refractivity contribution in [1.29, 1.82) is 0 Å². The summed E-state index contributed by atoms with van der Waals surface area (Å²) in [6.45, 7) is 4.40. The lowest BCUT2D eigenvalue weighted by Crippen LogP contribution is -2.51. The maximum absolute atomic E-state index is 13.1. The van der Waals surface area contributed by atoms with Crippen molar-refractivity contribution in [2.24, 2.45) is 5.92 Å². The van der Waals surface area contributed by atoms with Gasteiger partial charge in [-0.2, -0.15) is 4.72 Å². The van der Waals surface area contributed by atoms with Gasteiger partial charge in [0.1, 0.15) is 17.4 Å². The molecule has 3 N–H and O–H groups in total. The fourth-order valence-corrected chi connectivity index (χ4v) is 5.17. The van der Waals surface area contributed by atoms with E-state index in [1.165, 1.54) is 0 Å². The Kier molecular flexibility index (Phi) is 10.1. The zero-order valence-electron chi connectivity index (χ0n) is 20.4. The third kappa shape index (κ3) is 10.3. The van der Waals surface area contributed by atoms with Crippen LogP contribution >= 0.6 is 0 Å². The zero-order chi connectivity index (χ0) is 27.1. The SMILES string of the molecule is CC(C)(C)OC(=O)C[C@@H](CO)NC(=O)[C@H](CC1CCCC1)NS(=O)(=O)c1cccc(OC(F)(F)F)c1. The first-order valence-corrected chi connectivity index (χ1v) is 13.1. The van der Waals surface area contributed by atoms with E-state index in [9.17, 15) is 36.3 Å². The molecule has 9 nitrogen and oxygen atoms in total. The molecule has 13 heteroatoms. The Bertz CT molecular complexity index is 1000. The van der Waals surface area contributed by atoms with E-state index in [2.05, 4.69) is 14.8 Å². The molecule has 0 bridgehead atoms. The minimum absolute atomic E-state index is 0.0572. The van der Waals surface area contributed by atoms with Gasteiger partial charge in [-0.3, -0.25) is 9.59 Å². The van der Waals surface area contributed by atoms with Crippen molar-refractivity contribution < 1.29 is 45.8 Å². The van der Waals surface area contributed by atoms with Crippen LogP contribution in [0.5, 0.6) is 5.75 Å². The lowest BCUT2D eigenvalue weighted by atomic mass is 9.98. The van der Waals surface area contributed by atoms with E-state index in [1.54, 1.807) is 20.8 Å². The minimum atomic E-state index is -5.01.